The van der Waals surface area contributed by atoms with Crippen molar-refractivity contribution < 1.29 is 24.2 Å². The maximum atomic E-state index is 11.0. The molecule has 0 bridgehead atoms. The molecule has 0 radical (unpaired) electrons. The molecule has 0 unspecified atom stereocenters. The van der Waals surface area contributed by atoms with Gasteiger partial charge in [-0.15, -0.1) is 0 Å². The maximum absolute atomic E-state index is 11.0. The molecule has 0 spiro atoms. The maximum Gasteiger partial charge on any atom is 0.329 e. The van der Waals surface area contributed by atoms with Gasteiger partial charge < -0.3 is 9.84 Å². The van der Waals surface area contributed by atoms with E-state index in [2.05, 4.69) is 17.4 Å². The summed E-state index contributed by atoms with van der Waals surface area (Å²) in [7, 11) is 1.07. The van der Waals surface area contributed by atoms with Gasteiger partial charge in [-0.2, -0.15) is 12.6 Å². The van der Waals surface area contributed by atoms with Crippen molar-refractivity contribution in [2.45, 2.75) is 18.1 Å². The average molecular weight is 206 g/mol. The van der Waals surface area contributed by atoms with E-state index in [9.17, 15) is 14.4 Å². The molecule has 0 saturated carbocycles. The first kappa shape index (κ1) is 12.0. The molecule has 0 aromatic rings. The summed E-state index contributed by atoms with van der Waals surface area (Å²) in [6.45, 7) is 1.09. The van der Waals surface area contributed by atoms with Crippen molar-refractivity contribution in [1.29, 1.82) is 0 Å². The molecule has 6 heteroatoms. The number of thiol groups is 1. The molecule has 13 heavy (non-hydrogen) atoms. The van der Waals surface area contributed by atoms with E-state index >= 15 is 0 Å². The van der Waals surface area contributed by atoms with Crippen LogP contribution in [0.25, 0.3) is 0 Å². The van der Waals surface area contributed by atoms with Gasteiger partial charge in [0.25, 0.3) is 0 Å². The molecule has 0 saturated heterocycles. The van der Waals surface area contributed by atoms with Gasteiger partial charge >= 0.3 is 11.9 Å². The number of Topliss-reactive ketones (excluding diaryl/α,β-unsaturated/α-hetero) is 1. The summed E-state index contributed by atoms with van der Waals surface area (Å²) in [5.74, 6) is -2.88. The van der Waals surface area contributed by atoms with Gasteiger partial charge in [0.2, 0.25) is 0 Å². The van der Waals surface area contributed by atoms with Crippen molar-refractivity contribution >= 4 is 30.4 Å². The molecule has 0 fully saturated rings. The van der Waals surface area contributed by atoms with E-state index in [0.717, 1.165) is 14.0 Å². The molecule has 0 aliphatic rings. The number of hydrogen-bond donors (Lipinski definition) is 2. The second kappa shape index (κ2) is 4.27. The molecule has 1 atom stereocenters. The minimum Gasteiger partial charge on any atom is -0.481 e. The minimum absolute atomic E-state index is 0.648. The third kappa shape index (κ3) is 2.73. The fourth-order valence-electron chi connectivity index (χ4n) is 0.728. The van der Waals surface area contributed by atoms with Gasteiger partial charge in [-0.25, -0.2) is 0 Å². The number of carboxylic acids is 1. The second-order valence-corrected chi connectivity index (χ2v) is 3.24. The summed E-state index contributed by atoms with van der Waals surface area (Å²) >= 11 is 3.72. The quantitative estimate of drug-likeness (QED) is 0.381. The third-order valence-electron chi connectivity index (χ3n) is 1.51. The summed E-state index contributed by atoms with van der Waals surface area (Å²) in [6.07, 6.45) is -0.682. The first-order valence-electron chi connectivity index (χ1n) is 3.38. The van der Waals surface area contributed by atoms with Crippen LogP contribution in [0.2, 0.25) is 0 Å². The van der Waals surface area contributed by atoms with E-state index in [-0.39, 0.29) is 0 Å². The number of ketones is 1. The lowest BCUT2D eigenvalue weighted by Crippen LogP contribution is -2.42. The molecule has 0 aliphatic heterocycles. The normalized spacial score (nSPS) is 14.4. The van der Waals surface area contributed by atoms with Crippen LogP contribution in [0.5, 0.6) is 0 Å². The predicted molar refractivity (Wildman–Crippen MR) is 46.7 cm³/mol. The number of carboxylic acid groups (broad SMARTS) is 1. The number of methoxy groups -OCH3 is 1. The van der Waals surface area contributed by atoms with Gasteiger partial charge in [-0.1, -0.05) is 0 Å². The monoisotopic (exact) mass is 206 g/mol. The third-order valence-corrected chi connectivity index (χ3v) is 2.17. The highest BCUT2D eigenvalue weighted by Crippen LogP contribution is 2.22. The number of esters is 1. The van der Waals surface area contributed by atoms with E-state index in [4.69, 9.17) is 5.11 Å². The van der Waals surface area contributed by atoms with E-state index < -0.39 is 28.9 Å². The Labute approximate surface area is 80.5 Å². The Kier molecular flexibility index (Phi) is 3.93. The van der Waals surface area contributed by atoms with Gasteiger partial charge in [0.05, 0.1) is 13.5 Å². The van der Waals surface area contributed by atoms with Crippen LogP contribution in [0.4, 0.5) is 0 Å². The first-order chi connectivity index (χ1) is 5.84. The summed E-state index contributed by atoms with van der Waals surface area (Å²) in [4.78, 5) is 32.3. The SMILES string of the molecule is COC(=O)[C@](S)(CC(=O)O)C(C)=O. The van der Waals surface area contributed by atoms with Gasteiger partial charge in [-0.3, -0.25) is 14.4 Å². The Morgan fingerprint density at radius 2 is 1.92 bits per heavy atom. The number of rotatable bonds is 4. The lowest BCUT2D eigenvalue weighted by Gasteiger charge is -2.19. The summed E-state index contributed by atoms with van der Waals surface area (Å²) < 4.78 is 2.40. The molecule has 0 aromatic carbocycles. The van der Waals surface area contributed by atoms with Crippen molar-refractivity contribution in [3.8, 4) is 0 Å². The Balaban J connectivity index is 4.83. The number of ether oxygens (including phenoxy) is 1. The molecular weight excluding hydrogens is 196 g/mol. The second-order valence-electron chi connectivity index (χ2n) is 2.48. The summed E-state index contributed by atoms with van der Waals surface area (Å²) in [5, 5.41) is 8.43. The minimum atomic E-state index is -1.87. The highest BCUT2D eigenvalue weighted by atomic mass is 32.1. The molecule has 0 heterocycles. The molecule has 74 valence electrons. The lowest BCUT2D eigenvalue weighted by molar-refractivity contribution is -0.151. The largest absolute Gasteiger partial charge is 0.481 e. The van der Waals surface area contributed by atoms with Crippen LogP contribution >= 0.6 is 12.6 Å². The predicted octanol–water partition coefficient (Wildman–Crippen LogP) is -0.108. The van der Waals surface area contributed by atoms with Crippen LogP contribution in [0.15, 0.2) is 0 Å². The smallest absolute Gasteiger partial charge is 0.329 e. The van der Waals surface area contributed by atoms with Crippen molar-refractivity contribution in [1.82, 2.24) is 0 Å². The molecule has 0 aliphatic carbocycles. The fraction of sp³-hybridized carbons (Fsp3) is 0.571. The molecule has 0 aromatic heterocycles. The van der Waals surface area contributed by atoms with Crippen LogP contribution in [-0.2, 0) is 19.1 Å². The Morgan fingerprint density at radius 3 is 2.15 bits per heavy atom. The van der Waals surface area contributed by atoms with Crippen LogP contribution in [0.1, 0.15) is 13.3 Å². The summed E-state index contributed by atoms with van der Waals surface area (Å²) in [5.41, 5.74) is 0. The van der Waals surface area contributed by atoms with Gasteiger partial charge in [0, 0.05) is 0 Å². The van der Waals surface area contributed by atoms with Gasteiger partial charge in [-0.05, 0) is 6.92 Å². The number of hydrogen-bond acceptors (Lipinski definition) is 5. The zero-order chi connectivity index (χ0) is 10.6. The fourth-order valence-corrected chi connectivity index (χ4v) is 0.955. The van der Waals surface area contributed by atoms with Crippen molar-refractivity contribution in [3.63, 3.8) is 0 Å². The van der Waals surface area contributed by atoms with Crippen LogP contribution in [-0.4, -0.2) is 34.7 Å². The molecule has 0 amide bonds. The van der Waals surface area contributed by atoms with E-state index in [1.54, 1.807) is 0 Å². The number of carbonyl (C=O) groups is 3. The average Bonchev–Trinajstić information content (AvgIpc) is 2.01. The standard InChI is InChI=1S/C7H10O5S/c1-4(8)7(13,3-5(9)10)6(11)12-2/h13H,3H2,1-2H3,(H,9,10)/t7-/m0/s1. The topological polar surface area (TPSA) is 80.7 Å². The molecule has 0 rings (SSSR count). The Morgan fingerprint density at radius 1 is 1.46 bits per heavy atom. The van der Waals surface area contributed by atoms with Crippen LogP contribution in [0.3, 0.4) is 0 Å². The van der Waals surface area contributed by atoms with E-state index in [1.165, 1.54) is 0 Å². The highest BCUT2D eigenvalue weighted by Gasteiger charge is 2.43. The van der Waals surface area contributed by atoms with Crippen molar-refractivity contribution in [2.75, 3.05) is 7.11 Å². The Bertz CT molecular complexity index is 249. The van der Waals surface area contributed by atoms with E-state index in [1.807, 2.05) is 0 Å². The Hall–Kier alpha value is -1.04. The first-order valence-corrected chi connectivity index (χ1v) is 3.83. The van der Waals surface area contributed by atoms with E-state index in [0.29, 0.717) is 0 Å². The van der Waals surface area contributed by atoms with Gasteiger partial charge in [0.1, 0.15) is 0 Å². The van der Waals surface area contributed by atoms with Crippen LogP contribution < -0.4 is 0 Å². The molecule has 1 N–H and O–H groups in total. The van der Waals surface area contributed by atoms with Gasteiger partial charge in [0.15, 0.2) is 10.5 Å². The zero-order valence-electron chi connectivity index (χ0n) is 7.23. The van der Waals surface area contributed by atoms with Crippen LogP contribution in [0, 0.1) is 0 Å². The highest BCUT2D eigenvalue weighted by molar-refractivity contribution is 7.83. The number of aliphatic carboxylic acids is 1. The molecule has 5 nitrogen and oxygen atoms in total. The van der Waals surface area contributed by atoms with Crippen molar-refractivity contribution in [3.05, 3.63) is 0 Å². The lowest BCUT2D eigenvalue weighted by atomic mass is 10.0. The zero-order valence-corrected chi connectivity index (χ0v) is 8.13. The number of carbonyl (C=O) groups excluding carboxylic acids is 2. The summed E-state index contributed by atoms with van der Waals surface area (Å²) in [6, 6.07) is 0. The molecular formula is C7H10O5S. The van der Waals surface area contributed by atoms with Crippen molar-refractivity contribution in [2.24, 2.45) is 0 Å².